The number of aromatic nitrogens is 2. The highest BCUT2D eigenvalue weighted by molar-refractivity contribution is 8.00. The maximum absolute atomic E-state index is 13.2. The van der Waals surface area contributed by atoms with E-state index in [-0.39, 0.29) is 11.2 Å². The van der Waals surface area contributed by atoms with E-state index in [4.69, 9.17) is 5.84 Å². The molecule has 0 spiro atoms. The van der Waals surface area contributed by atoms with Crippen molar-refractivity contribution in [2.24, 2.45) is 0 Å². The summed E-state index contributed by atoms with van der Waals surface area (Å²) in [5.41, 5.74) is 2.79. The Kier molecular flexibility index (Phi) is 5.16. The molecule has 0 bridgehead atoms. The minimum absolute atomic E-state index is 0.132. The number of nitrogens with zero attached hydrogens (tertiary/aromatic N) is 3. The largest absolute Gasteiger partial charge is 0.341 e. The molecule has 0 aliphatic carbocycles. The first-order valence-corrected chi connectivity index (χ1v) is 10.0. The van der Waals surface area contributed by atoms with Gasteiger partial charge in [-0.1, -0.05) is 72.4 Å². The van der Waals surface area contributed by atoms with Gasteiger partial charge in [-0.05, 0) is 18.4 Å². The lowest BCUT2D eigenvalue weighted by Crippen LogP contribution is -2.31. The quantitative estimate of drug-likeness (QED) is 0.543. The number of thioether (sulfide) groups is 1. The van der Waals surface area contributed by atoms with Crippen LogP contribution in [0.1, 0.15) is 23.7 Å². The van der Waals surface area contributed by atoms with E-state index >= 15 is 0 Å². The Hall–Kier alpha value is -2.73. The first kappa shape index (κ1) is 17.7. The molecule has 138 valence electrons. The highest BCUT2D eigenvalue weighted by atomic mass is 32.2. The molecule has 1 aliphatic heterocycles. The van der Waals surface area contributed by atoms with Crippen LogP contribution >= 0.6 is 11.8 Å². The van der Waals surface area contributed by atoms with Gasteiger partial charge in [0.25, 0.3) is 0 Å². The SMILES string of the molecule is Nn1cc(-c2ccccc2)nc1S[C@@H](C(=O)N1CCCC1)c1ccccc1. The lowest BCUT2D eigenvalue weighted by Gasteiger charge is -2.22. The van der Waals surface area contributed by atoms with Crippen molar-refractivity contribution in [1.29, 1.82) is 0 Å². The van der Waals surface area contributed by atoms with Crippen molar-refractivity contribution in [2.75, 3.05) is 18.9 Å². The van der Waals surface area contributed by atoms with E-state index in [0.29, 0.717) is 5.16 Å². The molecular formula is C21H22N4OS. The average molecular weight is 379 g/mol. The van der Waals surface area contributed by atoms with Gasteiger partial charge < -0.3 is 10.7 Å². The normalized spacial score (nSPS) is 15.0. The number of nitrogens with two attached hydrogens (primary N) is 1. The first-order valence-electron chi connectivity index (χ1n) is 9.12. The van der Waals surface area contributed by atoms with Crippen LogP contribution in [0, 0.1) is 0 Å². The highest BCUT2D eigenvalue weighted by Gasteiger charge is 2.30. The Morgan fingerprint density at radius 3 is 2.30 bits per heavy atom. The Bertz CT molecular complexity index is 904. The minimum atomic E-state index is -0.349. The van der Waals surface area contributed by atoms with Gasteiger partial charge in [0.1, 0.15) is 5.25 Å². The first-order chi connectivity index (χ1) is 13.2. The Balaban J connectivity index is 1.64. The van der Waals surface area contributed by atoms with Crippen LogP contribution in [0.2, 0.25) is 0 Å². The van der Waals surface area contributed by atoms with Crippen LogP contribution in [0.4, 0.5) is 0 Å². The molecule has 1 atom stereocenters. The Morgan fingerprint density at radius 1 is 1.00 bits per heavy atom. The third-order valence-electron chi connectivity index (χ3n) is 4.74. The average Bonchev–Trinajstić information content (AvgIpc) is 3.37. The number of carbonyl (C=O) groups is 1. The molecule has 1 aromatic heterocycles. The lowest BCUT2D eigenvalue weighted by atomic mass is 10.1. The molecule has 3 aromatic rings. The fraction of sp³-hybridized carbons (Fsp3) is 0.238. The smallest absolute Gasteiger partial charge is 0.240 e. The number of rotatable bonds is 5. The molecule has 5 nitrogen and oxygen atoms in total. The Labute approximate surface area is 163 Å². The van der Waals surface area contributed by atoms with Crippen LogP contribution in [0.25, 0.3) is 11.3 Å². The van der Waals surface area contributed by atoms with Gasteiger partial charge in [-0.2, -0.15) is 0 Å². The molecule has 0 radical (unpaired) electrons. The van der Waals surface area contributed by atoms with Crippen LogP contribution in [0.5, 0.6) is 0 Å². The van der Waals surface area contributed by atoms with Crippen molar-refractivity contribution in [3.63, 3.8) is 0 Å². The van der Waals surface area contributed by atoms with Crippen molar-refractivity contribution in [2.45, 2.75) is 23.2 Å². The third kappa shape index (κ3) is 3.85. The van der Waals surface area contributed by atoms with Gasteiger partial charge in [0.05, 0.1) is 11.9 Å². The number of hydrogen-bond acceptors (Lipinski definition) is 4. The molecule has 1 saturated heterocycles. The van der Waals surface area contributed by atoms with Crippen molar-refractivity contribution in [3.8, 4) is 11.3 Å². The van der Waals surface area contributed by atoms with Crippen LogP contribution in [0.3, 0.4) is 0 Å². The van der Waals surface area contributed by atoms with E-state index < -0.39 is 0 Å². The molecule has 27 heavy (non-hydrogen) atoms. The maximum atomic E-state index is 13.2. The van der Waals surface area contributed by atoms with Gasteiger partial charge in [0.2, 0.25) is 5.91 Å². The molecule has 0 unspecified atom stereocenters. The summed E-state index contributed by atoms with van der Waals surface area (Å²) in [7, 11) is 0. The fourth-order valence-electron chi connectivity index (χ4n) is 3.31. The standard InChI is InChI=1S/C21H22N4OS/c22-25-15-18(16-9-3-1-4-10-16)23-21(25)27-19(17-11-5-2-6-12-17)20(26)24-13-7-8-14-24/h1-6,9-12,15,19H,7-8,13-14,22H2/t19-/m1/s1. The number of carbonyl (C=O) groups excluding carboxylic acids is 1. The molecule has 1 amide bonds. The second-order valence-corrected chi connectivity index (χ2v) is 7.70. The van der Waals surface area contributed by atoms with Crippen molar-refractivity contribution in [3.05, 3.63) is 72.4 Å². The van der Waals surface area contributed by atoms with Gasteiger partial charge in [0, 0.05) is 18.7 Å². The maximum Gasteiger partial charge on any atom is 0.240 e. The van der Waals surface area contributed by atoms with E-state index in [2.05, 4.69) is 4.98 Å². The number of hydrogen-bond donors (Lipinski definition) is 1. The molecular weight excluding hydrogens is 356 g/mol. The molecule has 2 aromatic carbocycles. The predicted molar refractivity (Wildman–Crippen MR) is 109 cm³/mol. The summed E-state index contributed by atoms with van der Waals surface area (Å²) in [6.07, 6.45) is 3.95. The van der Waals surface area contributed by atoms with Gasteiger partial charge >= 0.3 is 0 Å². The summed E-state index contributed by atoms with van der Waals surface area (Å²) in [4.78, 5) is 19.8. The molecule has 6 heteroatoms. The minimum Gasteiger partial charge on any atom is -0.341 e. The van der Waals surface area contributed by atoms with Crippen LogP contribution in [0.15, 0.2) is 72.0 Å². The van der Waals surface area contributed by atoms with E-state index in [1.54, 1.807) is 6.20 Å². The molecule has 4 rings (SSSR count). The summed E-state index contributed by atoms with van der Waals surface area (Å²) < 4.78 is 1.51. The predicted octanol–water partition coefficient (Wildman–Crippen LogP) is 3.72. The lowest BCUT2D eigenvalue weighted by molar-refractivity contribution is -0.129. The van der Waals surface area contributed by atoms with Crippen LogP contribution in [-0.2, 0) is 4.79 Å². The molecule has 2 N–H and O–H groups in total. The third-order valence-corrected chi connectivity index (χ3v) is 5.96. The number of amides is 1. The number of likely N-dealkylation sites (tertiary alicyclic amines) is 1. The highest BCUT2D eigenvalue weighted by Crippen LogP contribution is 2.37. The number of nitrogen functional groups attached to an aromatic ring is 1. The number of imidazole rings is 1. The van der Waals surface area contributed by atoms with E-state index in [0.717, 1.165) is 42.8 Å². The Morgan fingerprint density at radius 2 is 1.63 bits per heavy atom. The van der Waals surface area contributed by atoms with E-state index in [9.17, 15) is 4.79 Å². The second kappa shape index (κ2) is 7.88. The summed E-state index contributed by atoms with van der Waals surface area (Å²) in [6.45, 7) is 1.66. The van der Waals surface area contributed by atoms with Crippen LogP contribution in [-0.4, -0.2) is 33.6 Å². The van der Waals surface area contributed by atoms with E-state index in [1.165, 1.54) is 16.4 Å². The second-order valence-electron chi connectivity index (χ2n) is 6.62. The summed E-state index contributed by atoms with van der Waals surface area (Å²) in [5.74, 6) is 6.30. The topological polar surface area (TPSA) is 64.2 Å². The molecule has 1 aliphatic rings. The van der Waals surface area contributed by atoms with Crippen molar-refractivity contribution < 1.29 is 4.79 Å². The monoisotopic (exact) mass is 378 g/mol. The zero-order chi connectivity index (χ0) is 18.6. The van der Waals surface area contributed by atoms with Gasteiger partial charge in [-0.25, -0.2) is 9.66 Å². The van der Waals surface area contributed by atoms with Gasteiger partial charge in [0.15, 0.2) is 5.16 Å². The zero-order valence-corrected chi connectivity index (χ0v) is 15.8. The van der Waals surface area contributed by atoms with Crippen LogP contribution < -0.4 is 5.84 Å². The van der Waals surface area contributed by atoms with Gasteiger partial charge in [-0.3, -0.25) is 4.79 Å². The summed E-state index contributed by atoms with van der Waals surface area (Å²) in [5, 5.41) is 0.285. The molecule has 0 saturated carbocycles. The molecule has 1 fully saturated rings. The summed E-state index contributed by atoms with van der Waals surface area (Å²) >= 11 is 1.41. The summed E-state index contributed by atoms with van der Waals surface area (Å²) in [6, 6.07) is 19.8. The van der Waals surface area contributed by atoms with Crippen molar-refractivity contribution in [1.82, 2.24) is 14.6 Å². The van der Waals surface area contributed by atoms with E-state index in [1.807, 2.05) is 65.6 Å². The number of benzene rings is 2. The molecule has 2 heterocycles. The zero-order valence-electron chi connectivity index (χ0n) is 15.0. The van der Waals surface area contributed by atoms with Gasteiger partial charge in [-0.15, -0.1) is 0 Å². The fourth-order valence-corrected chi connectivity index (χ4v) is 4.39. The van der Waals surface area contributed by atoms with Crippen molar-refractivity contribution >= 4 is 17.7 Å².